The maximum atomic E-state index is 14.1. The molecule has 5 N–H and O–H groups in total. The summed E-state index contributed by atoms with van der Waals surface area (Å²) >= 11 is 7.26. The largest absolute Gasteiger partial charge is 0.367 e. The summed E-state index contributed by atoms with van der Waals surface area (Å²) < 4.78 is 0. The molecule has 0 aromatic heterocycles. The first-order valence-electron chi connectivity index (χ1n) is 18.3. The molecule has 2 saturated heterocycles. The monoisotopic (exact) mass is 756 g/mol. The van der Waals surface area contributed by atoms with E-state index in [4.69, 9.17) is 12.2 Å². The van der Waals surface area contributed by atoms with Crippen LogP contribution < -0.4 is 26.6 Å². The molecule has 3 aromatic carbocycles. The van der Waals surface area contributed by atoms with E-state index in [1.165, 1.54) is 0 Å². The van der Waals surface area contributed by atoms with Crippen molar-refractivity contribution in [2.45, 2.75) is 89.0 Å². The van der Waals surface area contributed by atoms with Crippen molar-refractivity contribution in [1.29, 1.82) is 0 Å². The van der Waals surface area contributed by atoms with Crippen LogP contribution in [0.1, 0.15) is 74.6 Å². The van der Waals surface area contributed by atoms with Gasteiger partial charge in [-0.3, -0.25) is 19.2 Å². The van der Waals surface area contributed by atoms with Gasteiger partial charge < -0.3 is 31.5 Å². The van der Waals surface area contributed by atoms with Crippen molar-refractivity contribution < 1.29 is 19.2 Å². The topological polar surface area (TPSA) is 132 Å². The summed E-state index contributed by atoms with van der Waals surface area (Å²) in [5.74, 6) is -0.779. The van der Waals surface area contributed by atoms with Gasteiger partial charge in [0.05, 0.1) is 28.2 Å². The van der Waals surface area contributed by atoms with Crippen molar-refractivity contribution in [3.63, 3.8) is 0 Å². The van der Waals surface area contributed by atoms with Gasteiger partial charge in [-0.05, 0) is 67.2 Å². The summed E-state index contributed by atoms with van der Waals surface area (Å²) in [6.45, 7) is 8.67. The van der Waals surface area contributed by atoms with Crippen molar-refractivity contribution in [1.82, 2.24) is 31.5 Å². The molecule has 2 aliphatic rings. The molecule has 0 bridgehead atoms. The highest BCUT2D eigenvalue weighted by Crippen LogP contribution is 2.46. The number of carbonyl (C=O) groups is 4. The molecule has 2 fully saturated rings. The highest BCUT2D eigenvalue weighted by molar-refractivity contribution is 7.99. The highest BCUT2D eigenvalue weighted by atomic mass is 32.2. The average Bonchev–Trinajstić information content (AvgIpc) is 3.36. The fourth-order valence-corrected chi connectivity index (χ4v) is 8.79. The van der Waals surface area contributed by atoms with Crippen molar-refractivity contribution in [2.24, 2.45) is 5.41 Å². The minimum atomic E-state index is -0.700. The molecule has 1 unspecified atom stereocenters. The minimum absolute atomic E-state index is 0.0412. The summed E-state index contributed by atoms with van der Waals surface area (Å²) in [4.78, 5) is 56.9. The number of rotatable bonds is 14. The minimum Gasteiger partial charge on any atom is -0.367 e. The van der Waals surface area contributed by atoms with Crippen LogP contribution in [0.3, 0.4) is 0 Å². The molecule has 53 heavy (non-hydrogen) atoms. The van der Waals surface area contributed by atoms with Crippen LogP contribution >= 0.6 is 24.0 Å². The number of carbonyl (C=O) groups excluding carboxylic acids is 4. The number of benzene rings is 3. The number of likely N-dealkylation sites (N-methyl/N-ethyl adjacent to an activating group) is 1. The van der Waals surface area contributed by atoms with Crippen molar-refractivity contribution in [3.05, 3.63) is 107 Å². The molecule has 6 atom stereocenters. The highest BCUT2D eigenvalue weighted by Gasteiger charge is 2.54. The Hall–Kier alpha value is -4.26. The van der Waals surface area contributed by atoms with Gasteiger partial charge in [-0.25, -0.2) is 0 Å². The Balaban J connectivity index is 1.20. The van der Waals surface area contributed by atoms with Gasteiger partial charge in [0.25, 0.3) is 0 Å². The number of thiocarbonyl (C=S) groups is 1. The lowest BCUT2D eigenvalue weighted by molar-refractivity contribution is -0.142. The number of hydrogen-bond donors (Lipinski definition) is 5. The Morgan fingerprint density at radius 3 is 2.00 bits per heavy atom. The fraction of sp³-hybridized carbons (Fsp3) is 0.439. The molecule has 2 heterocycles. The van der Waals surface area contributed by atoms with Gasteiger partial charge >= 0.3 is 0 Å². The first-order chi connectivity index (χ1) is 25.4. The van der Waals surface area contributed by atoms with E-state index < -0.39 is 23.4 Å². The molecule has 0 saturated carbocycles. The van der Waals surface area contributed by atoms with E-state index in [1.807, 2.05) is 120 Å². The Kier molecular flexibility index (Phi) is 13.7. The number of thioether (sulfide) groups is 1. The normalized spacial score (nSPS) is 21.0. The average molecular weight is 757 g/mol. The van der Waals surface area contributed by atoms with Crippen LogP contribution in [0.4, 0.5) is 0 Å². The van der Waals surface area contributed by atoms with Crippen LogP contribution in [0, 0.1) is 5.41 Å². The van der Waals surface area contributed by atoms with Crippen LogP contribution in [0.15, 0.2) is 84.9 Å². The Morgan fingerprint density at radius 2 is 1.42 bits per heavy atom. The number of nitrogens with zero attached hydrogens (tertiary/aromatic N) is 1. The molecule has 0 aliphatic carbocycles. The van der Waals surface area contributed by atoms with Crippen molar-refractivity contribution >= 4 is 52.6 Å². The molecule has 5 rings (SSSR count). The van der Waals surface area contributed by atoms with Crippen LogP contribution in [0.2, 0.25) is 0 Å². The van der Waals surface area contributed by atoms with Gasteiger partial charge in [-0.1, -0.05) is 111 Å². The van der Waals surface area contributed by atoms with Gasteiger partial charge in [0, 0.05) is 19.6 Å². The third kappa shape index (κ3) is 10.0. The molecule has 3 aromatic rings. The zero-order valence-corrected chi connectivity index (χ0v) is 32.8. The second kappa shape index (κ2) is 18.2. The Bertz CT molecular complexity index is 1740. The molecule has 10 nitrogen and oxygen atoms in total. The standard InChI is InChI=1S/C41H52N6O4S2/c1-26(30-12-8-6-9-13-30)36(48)43-23-28-16-18-29(19-17-28)24-44-37(49)32(31-14-10-7-11-15-31)25-45-38(50)35-41(3,4)22-34-47(35)40(51)33(20-21-53-34)46-39(52)27(2)42-5/h6-19,26-27,32-35,42H,20-25H2,1-5H3,(H,43,48)(H,44,49)(H,45,50)(H,46,52)/t26-,27-,32+,33-,34?,35+/m0/s1. The SMILES string of the molecule is CN[C@@H](C)C(=S)N[C@H]1CCSC2CC(C)(C)[C@@H](C(=O)NC[C@@H](C(=O)NCc3ccc(CNC(=O)[C@@H](C)c4ccccc4)cc3)c3ccccc3)N2C1=O. The lowest BCUT2D eigenvalue weighted by Crippen LogP contribution is -2.58. The second-order valence-electron chi connectivity index (χ2n) is 14.6. The van der Waals surface area contributed by atoms with Crippen LogP contribution in [0.25, 0.3) is 0 Å². The smallest absolute Gasteiger partial charge is 0.246 e. The molecule has 12 heteroatoms. The summed E-state index contributed by atoms with van der Waals surface area (Å²) in [5, 5.41) is 15.4. The maximum Gasteiger partial charge on any atom is 0.246 e. The van der Waals surface area contributed by atoms with E-state index in [1.54, 1.807) is 16.7 Å². The molecule has 0 spiro atoms. The van der Waals surface area contributed by atoms with Gasteiger partial charge in [-0.2, -0.15) is 0 Å². The first kappa shape index (κ1) is 39.9. The van der Waals surface area contributed by atoms with E-state index in [0.29, 0.717) is 30.9 Å². The third-order valence-corrected chi connectivity index (χ3v) is 12.1. The predicted octanol–water partition coefficient (Wildman–Crippen LogP) is 4.61. The van der Waals surface area contributed by atoms with Crippen LogP contribution in [-0.2, 0) is 32.3 Å². The number of nitrogens with one attached hydrogen (secondary N) is 5. The van der Waals surface area contributed by atoms with Gasteiger partial charge in [0.1, 0.15) is 12.1 Å². The van der Waals surface area contributed by atoms with E-state index in [-0.39, 0.29) is 47.5 Å². The second-order valence-corrected chi connectivity index (χ2v) is 16.3. The van der Waals surface area contributed by atoms with Crippen LogP contribution in [0.5, 0.6) is 0 Å². The molecule has 4 amide bonds. The zero-order valence-electron chi connectivity index (χ0n) is 31.2. The van der Waals surface area contributed by atoms with Crippen molar-refractivity contribution in [3.8, 4) is 0 Å². The lowest BCUT2D eigenvalue weighted by atomic mass is 9.84. The molecule has 2 aliphatic heterocycles. The van der Waals surface area contributed by atoms with E-state index in [2.05, 4.69) is 26.6 Å². The van der Waals surface area contributed by atoms with Crippen molar-refractivity contribution in [2.75, 3.05) is 19.3 Å². The summed E-state index contributed by atoms with van der Waals surface area (Å²) in [5.41, 5.74) is 3.13. The molecule has 282 valence electrons. The number of fused-ring (bicyclic) bond motifs is 1. The summed E-state index contributed by atoms with van der Waals surface area (Å²) in [6.07, 6.45) is 1.30. The van der Waals surface area contributed by atoms with Gasteiger partial charge in [-0.15, -0.1) is 11.8 Å². The van der Waals surface area contributed by atoms with E-state index >= 15 is 0 Å². The fourth-order valence-electron chi connectivity index (χ4n) is 6.95. The van der Waals surface area contributed by atoms with Gasteiger partial charge in [0.15, 0.2) is 0 Å². The lowest BCUT2D eigenvalue weighted by Gasteiger charge is -2.34. The number of amides is 4. The van der Waals surface area contributed by atoms with E-state index in [0.717, 1.165) is 28.0 Å². The van der Waals surface area contributed by atoms with Crippen LogP contribution in [-0.4, -0.2) is 76.4 Å². The molecule has 0 radical (unpaired) electrons. The van der Waals surface area contributed by atoms with Gasteiger partial charge in [0.2, 0.25) is 23.6 Å². The first-order valence-corrected chi connectivity index (χ1v) is 19.8. The molecular weight excluding hydrogens is 705 g/mol. The quantitative estimate of drug-likeness (QED) is 0.151. The summed E-state index contributed by atoms with van der Waals surface area (Å²) in [7, 11) is 1.82. The summed E-state index contributed by atoms with van der Waals surface area (Å²) in [6, 6.07) is 25.5. The third-order valence-electron chi connectivity index (χ3n) is 10.3. The molecular formula is C41H52N6O4S2. The Labute approximate surface area is 323 Å². The predicted molar refractivity (Wildman–Crippen MR) is 215 cm³/mol. The van der Waals surface area contributed by atoms with E-state index in [9.17, 15) is 19.2 Å². The zero-order chi connectivity index (χ0) is 38.1. The maximum absolute atomic E-state index is 14.1. The Morgan fingerprint density at radius 1 is 0.849 bits per heavy atom. The number of hydrogen-bond acceptors (Lipinski definition) is 7.